The molecule has 0 atom stereocenters. The minimum atomic E-state index is -0.966. The van der Waals surface area contributed by atoms with Gasteiger partial charge in [0.05, 0.1) is 18.3 Å². The van der Waals surface area contributed by atoms with Gasteiger partial charge in [-0.3, -0.25) is 0 Å². The normalized spacial score (nSPS) is 10.4. The summed E-state index contributed by atoms with van der Waals surface area (Å²) in [6.45, 7) is 4.11. The molecule has 0 aromatic carbocycles. The van der Waals surface area contributed by atoms with E-state index in [-0.39, 0.29) is 5.56 Å². The van der Waals surface area contributed by atoms with Crippen LogP contribution in [0.2, 0.25) is 0 Å². The lowest BCUT2D eigenvalue weighted by molar-refractivity contribution is 0.0696. The highest BCUT2D eigenvalue weighted by Gasteiger charge is 2.08. The maximum Gasteiger partial charge on any atom is 0.335 e. The van der Waals surface area contributed by atoms with Gasteiger partial charge in [0.2, 0.25) is 5.89 Å². The van der Waals surface area contributed by atoms with Gasteiger partial charge in [-0.15, -0.1) is 0 Å². The summed E-state index contributed by atoms with van der Waals surface area (Å²) >= 11 is 0. The number of hydrogen-bond acceptors (Lipinski definition) is 5. The third-order valence-corrected chi connectivity index (χ3v) is 2.58. The van der Waals surface area contributed by atoms with Crippen molar-refractivity contribution in [2.45, 2.75) is 26.8 Å². The van der Waals surface area contributed by atoms with Crippen molar-refractivity contribution in [3.63, 3.8) is 0 Å². The molecule has 19 heavy (non-hydrogen) atoms. The molecule has 0 aliphatic rings. The van der Waals surface area contributed by atoms with E-state index in [0.29, 0.717) is 24.7 Å². The minimum absolute atomic E-state index is 0.220. The lowest BCUT2D eigenvalue weighted by atomic mass is 10.2. The quantitative estimate of drug-likeness (QED) is 0.858. The van der Waals surface area contributed by atoms with E-state index in [1.807, 2.05) is 13.8 Å². The number of aromatic nitrogens is 2. The van der Waals surface area contributed by atoms with Gasteiger partial charge < -0.3 is 14.8 Å². The van der Waals surface area contributed by atoms with Crippen LogP contribution in [0, 0.1) is 6.92 Å². The number of carbonyl (C=O) groups is 1. The maximum absolute atomic E-state index is 11.0. The molecule has 2 aromatic rings. The van der Waals surface area contributed by atoms with E-state index < -0.39 is 5.97 Å². The Labute approximate surface area is 110 Å². The van der Waals surface area contributed by atoms with Gasteiger partial charge in [0.15, 0.2) is 0 Å². The fourth-order valence-electron chi connectivity index (χ4n) is 1.63. The van der Waals surface area contributed by atoms with Gasteiger partial charge in [0.25, 0.3) is 0 Å². The van der Waals surface area contributed by atoms with Crippen molar-refractivity contribution in [2.24, 2.45) is 0 Å². The Bertz CT molecular complexity index is 593. The van der Waals surface area contributed by atoms with E-state index in [4.69, 9.17) is 9.52 Å². The molecule has 6 heteroatoms. The summed E-state index contributed by atoms with van der Waals surface area (Å²) in [5, 5.41) is 12.0. The van der Waals surface area contributed by atoms with E-state index in [1.165, 1.54) is 6.07 Å². The SMILES string of the molecule is CCc1cc(C(=O)O)cc(NCc2ncc(C)o2)n1. The predicted molar refractivity (Wildman–Crippen MR) is 69.1 cm³/mol. The van der Waals surface area contributed by atoms with E-state index in [0.717, 1.165) is 11.5 Å². The third kappa shape index (κ3) is 3.31. The molecule has 2 N–H and O–H groups in total. The number of oxazole rings is 1. The van der Waals surface area contributed by atoms with Crippen LogP contribution in [0.25, 0.3) is 0 Å². The molecule has 0 bridgehead atoms. The number of nitrogens with one attached hydrogen (secondary N) is 1. The summed E-state index contributed by atoms with van der Waals surface area (Å²) in [5.41, 5.74) is 0.948. The molecule has 0 spiro atoms. The maximum atomic E-state index is 11.0. The van der Waals surface area contributed by atoms with Crippen molar-refractivity contribution in [3.8, 4) is 0 Å². The predicted octanol–water partition coefficient (Wildman–Crippen LogP) is 2.25. The number of hydrogen-bond donors (Lipinski definition) is 2. The second-order valence-corrected chi connectivity index (χ2v) is 4.11. The van der Waals surface area contributed by atoms with Crippen LogP contribution >= 0.6 is 0 Å². The summed E-state index contributed by atoms with van der Waals surface area (Å²) in [5.74, 6) is 0.816. The van der Waals surface area contributed by atoms with Gasteiger partial charge in [0.1, 0.15) is 11.6 Å². The molecule has 2 rings (SSSR count). The van der Waals surface area contributed by atoms with Crippen LogP contribution in [-0.2, 0) is 13.0 Å². The Hall–Kier alpha value is -2.37. The van der Waals surface area contributed by atoms with Gasteiger partial charge in [0, 0.05) is 5.69 Å². The Kier molecular flexibility index (Phi) is 3.79. The second kappa shape index (κ2) is 5.51. The zero-order valence-corrected chi connectivity index (χ0v) is 10.8. The Morgan fingerprint density at radius 1 is 1.47 bits per heavy atom. The smallest absolute Gasteiger partial charge is 0.335 e. The first-order valence-corrected chi connectivity index (χ1v) is 5.98. The average molecular weight is 261 g/mol. The number of nitrogens with zero attached hydrogens (tertiary/aromatic N) is 2. The summed E-state index contributed by atoms with van der Waals surface area (Å²) in [6.07, 6.45) is 2.31. The number of rotatable bonds is 5. The monoisotopic (exact) mass is 261 g/mol. The number of carboxylic acids is 1. The molecule has 0 saturated carbocycles. The average Bonchev–Trinajstić information content (AvgIpc) is 2.81. The Morgan fingerprint density at radius 3 is 2.84 bits per heavy atom. The number of aromatic carboxylic acids is 1. The van der Waals surface area contributed by atoms with E-state index >= 15 is 0 Å². The zero-order valence-electron chi connectivity index (χ0n) is 10.8. The molecule has 2 heterocycles. The van der Waals surface area contributed by atoms with Crippen LogP contribution in [0.3, 0.4) is 0 Å². The van der Waals surface area contributed by atoms with Crippen LogP contribution in [-0.4, -0.2) is 21.0 Å². The zero-order chi connectivity index (χ0) is 13.8. The largest absolute Gasteiger partial charge is 0.478 e. The van der Waals surface area contributed by atoms with Crippen LogP contribution in [0.1, 0.15) is 34.6 Å². The molecular weight excluding hydrogens is 246 g/mol. The highest BCUT2D eigenvalue weighted by atomic mass is 16.4. The Balaban J connectivity index is 2.15. The van der Waals surface area contributed by atoms with Crippen molar-refractivity contribution in [1.82, 2.24) is 9.97 Å². The first-order chi connectivity index (χ1) is 9.08. The summed E-state index contributed by atoms with van der Waals surface area (Å²) in [6, 6.07) is 3.07. The fraction of sp³-hybridized carbons (Fsp3) is 0.308. The van der Waals surface area contributed by atoms with Crippen molar-refractivity contribution in [2.75, 3.05) is 5.32 Å². The molecule has 0 saturated heterocycles. The van der Waals surface area contributed by atoms with Crippen molar-refractivity contribution < 1.29 is 14.3 Å². The highest BCUT2D eigenvalue weighted by molar-refractivity contribution is 5.88. The first kappa shape index (κ1) is 13.1. The van der Waals surface area contributed by atoms with Crippen molar-refractivity contribution >= 4 is 11.8 Å². The van der Waals surface area contributed by atoms with Crippen LogP contribution in [0.4, 0.5) is 5.82 Å². The molecule has 6 nitrogen and oxygen atoms in total. The number of anilines is 1. The van der Waals surface area contributed by atoms with Gasteiger partial charge in [-0.1, -0.05) is 6.92 Å². The van der Waals surface area contributed by atoms with Crippen molar-refractivity contribution in [3.05, 3.63) is 41.2 Å². The fourth-order valence-corrected chi connectivity index (χ4v) is 1.63. The van der Waals surface area contributed by atoms with Crippen LogP contribution in [0.15, 0.2) is 22.7 Å². The lowest BCUT2D eigenvalue weighted by Gasteiger charge is -2.06. The molecule has 0 amide bonds. The van der Waals surface area contributed by atoms with Gasteiger partial charge in [-0.05, 0) is 25.5 Å². The molecular formula is C13H15N3O3. The van der Waals surface area contributed by atoms with Crippen LogP contribution < -0.4 is 5.32 Å². The number of pyridine rings is 1. The molecule has 0 aliphatic carbocycles. The third-order valence-electron chi connectivity index (χ3n) is 2.58. The lowest BCUT2D eigenvalue weighted by Crippen LogP contribution is -2.06. The van der Waals surface area contributed by atoms with E-state index in [1.54, 1.807) is 12.3 Å². The molecule has 0 unspecified atom stereocenters. The van der Waals surface area contributed by atoms with Gasteiger partial charge in [-0.2, -0.15) is 0 Å². The molecule has 0 radical (unpaired) electrons. The Morgan fingerprint density at radius 2 is 2.26 bits per heavy atom. The molecule has 0 fully saturated rings. The molecule has 100 valence electrons. The molecule has 0 aliphatic heterocycles. The highest BCUT2D eigenvalue weighted by Crippen LogP contribution is 2.13. The van der Waals surface area contributed by atoms with E-state index in [2.05, 4.69) is 15.3 Å². The first-order valence-electron chi connectivity index (χ1n) is 5.98. The second-order valence-electron chi connectivity index (χ2n) is 4.11. The summed E-state index contributed by atoms with van der Waals surface area (Å²) in [4.78, 5) is 19.4. The standard InChI is InChI=1S/C13H15N3O3/c1-3-10-4-9(13(17)18)5-11(16-10)14-7-12-15-6-8(2)19-12/h4-6H,3,7H2,1-2H3,(H,14,16)(H,17,18). The summed E-state index contributed by atoms with van der Waals surface area (Å²) < 4.78 is 5.32. The number of carboxylic acid groups (broad SMARTS) is 1. The summed E-state index contributed by atoms with van der Waals surface area (Å²) in [7, 11) is 0. The molecule has 2 aromatic heterocycles. The van der Waals surface area contributed by atoms with Gasteiger partial charge >= 0.3 is 5.97 Å². The van der Waals surface area contributed by atoms with Gasteiger partial charge in [-0.25, -0.2) is 14.8 Å². The number of aryl methyl sites for hydroxylation is 2. The minimum Gasteiger partial charge on any atom is -0.478 e. The topological polar surface area (TPSA) is 88.2 Å². The van der Waals surface area contributed by atoms with E-state index in [9.17, 15) is 4.79 Å². The van der Waals surface area contributed by atoms with Crippen molar-refractivity contribution in [1.29, 1.82) is 0 Å². The van der Waals surface area contributed by atoms with Crippen LogP contribution in [0.5, 0.6) is 0 Å².